The molecule has 0 fully saturated rings. The smallest absolute Gasteiger partial charge is 0.235 e. The fraction of sp³-hybridized carbons (Fsp3) is 0.182. The van der Waals surface area contributed by atoms with Crippen LogP contribution < -0.4 is 4.74 Å². The van der Waals surface area contributed by atoms with E-state index in [1.54, 1.807) is 20.0 Å². The number of halogens is 1. The minimum absolute atomic E-state index is 0.383. The van der Waals surface area contributed by atoms with Crippen LogP contribution >= 0.6 is 11.6 Å². The van der Waals surface area contributed by atoms with Crippen molar-refractivity contribution in [2.45, 2.75) is 6.92 Å². The second-order valence-electron chi connectivity index (χ2n) is 3.44. The van der Waals surface area contributed by atoms with Crippen molar-refractivity contribution < 1.29 is 4.74 Å². The molecule has 0 bridgehead atoms. The minimum Gasteiger partial charge on any atom is -0.436 e. The third kappa shape index (κ3) is 2.22. The first-order valence-electron chi connectivity index (χ1n) is 4.84. The number of rotatable bonds is 2. The van der Waals surface area contributed by atoms with E-state index in [2.05, 4.69) is 16.2 Å². The van der Waals surface area contributed by atoms with Crippen LogP contribution in [0.15, 0.2) is 18.5 Å². The van der Waals surface area contributed by atoms with Crippen molar-refractivity contribution in [3.05, 3.63) is 34.7 Å². The van der Waals surface area contributed by atoms with Crippen molar-refractivity contribution >= 4 is 11.6 Å². The summed E-state index contributed by atoms with van der Waals surface area (Å²) in [6.07, 6.45) is 3.03. The van der Waals surface area contributed by atoms with E-state index in [9.17, 15) is 0 Å². The first kappa shape index (κ1) is 11.4. The van der Waals surface area contributed by atoms with Gasteiger partial charge in [0.15, 0.2) is 0 Å². The molecule has 2 aromatic heterocycles. The van der Waals surface area contributed by atoms with Gasteiger partial charge in [-0.1, -0.05) is 11.6 Å². The molecule has 0 spiro atoms. The van der Waals surface area contributed by atoms with Gasteiger partial charge in [0.1, 0.15) is 17.4 Å². The first-order valence-corrected chi connectivity index (χ1v) is 5.21. The third-order valence-corrected chi connectivity index (χ3v) is 2.38. The minimum atomic E-state index is 0.383. The molecule has 0 aliphatic heterocycles. The van der Waals surface area contributed by atoms with E-state index in [0.29, 0.717) is 27.9 Å². The number of aryl methyl sites for hydroxylation is 2. The molecule has 0 atom stereocenters. The summed E-state index contributed by atoms with van der Waals surface area (Å²) in [6.45, 7) is 1.75. The van der Waals surface area contributed by atoms with E-state index < -0.39 is 0 Å². The highest BCUT2D eigenvalue weighted by Crippen LogP contribution is 2.27. The molecule has 2 aromatic rings. The van der Waals surface area contributed by atoms with Crippen molar-refractivity contribution in [3.8, 4) is 17.7 Å². The van der Waals surface area contributed by atoms with E-state index >= 15 is 0 Å². The fourth-order valence-corrected chi connectivity index (χ4v) is 1.61. The molecule has 0 saturated carbocycles. The van der Waals surface area contributed by atoms with Crippen LogP contribution in [0.1, 0.15) is 11.3 Å². The number of hydrogen-bond donors (Lipinski definition) is 0. The van der Waals surface area contributed by atoms with Gasteiger partial charge < -0.3 is 4.74 Å². The predicted octanol–water partition coefficient (Wildman–Crippen LogP) is 2.44. The summed E-state index contributed by atoms with van der Waals surface area (Å²) in [7, 11) is 1.71. The van der Waals surface area contributed by atoms with Gasteiger partial charge in [-0.15, -0.1) is 0 Å². The molecule has 86 valence electrons. The summed E-state index contributed by atoms with van der Waals surface area (Å²) >= 11 is 5.80. The molecule has 0 aromatic carbocycles. The Balaban J connectivity index is 2.40. The molecule has 0 unspecified atom stereocenters. The number of nitriles is 1. The summed E-state index contributed by atoms with van der Waals surface area (Å²) in [5.74, 6) is 0.853. The number of hydrogen-bond acceptors (Lipinski definition) is 4. The molecular formula is C11H9ClN4O. The lowest BCUT2D eigenvalue weighted by molar-refractivity contribution is 0.428. The number of pyridine rings is 1. The van der Waals surface area contributed by atoms with Gasteiger partial charge in [0, 0.05) is 19.3 Å². The van der Waals surface area contributed by atoms with E-state index in [0.717, 1.165) is 0 Å². The maximum Gasteiger partial charge on any atom is 0.235 e. The Morgan fingerprint density at radius 1 is 1.47 bits per heavy atom. The van der Waals surface area contributed by atoms with Crippen molar-refractivity contribution in [1.82, 2.24) is 14.8 Å². The van der Waals surface area contributed by atoms with Crippen LogP contribution in [-0.2, 0) is 7.05 Å². The molecular weight excluding hydrogens is 240 g/mol. The maximum atomic E-state index is 9.02. The average Bonchev–Trinajstić information content (AvgIpc) is 2.53. The molecule has 0 N–H and O–H groups in total. The van der Waals surface area contributed by atoms with Gasteiger partial charge >= 0.3 is 0 Å². The van der Waals surface area contributed by atoms with Crippen LogP contribution in [0.2, 0.25) is 5.02 Å². The quantitative estimate of drug-likeness (QED) is 0.819. The summed E-state index contributed by atoms with van der Waals surface area (Å²) in [5, 5.41) is 13.6. The molecule has 0 saturated heterocycles. The highest BCUT2D eigenvalue weighted by molar-refractivity contribution is 6.30. The topological polar surface area (TPSA) is 63.7 Å². The first-order chi connectivity index (χ1) is 8.11. The van der Waals surface area contributed by atoms with Gasteiger partial charge in [-0.05, 0) is 6.92 Å². The summed E-state index contributed by atoms with van der Waals surface area (Å²) in [6, 6.07) is 3.68. The fourth-order valence-electron chi connectivity index (χ4n) is 1.44. The standard InChI is InChI=1S/C11H9ClN4O/c1-7-10(4-13)11(16(2)15-7)17-9-3-8(12)5-14-6-9/h3,5-6H,1-2H3. The Morgan fingerprint density at radius 2 is 2.24 bits per heavy atom. The zero-order valence-corrected chi connectivity index (χ0v) is 10.1. The Hall–Kier alpha value is -2.06. The SMILES string of the molecule is Cc1nn(C)c(Oc2cncc(Cl)c2)c1C#N. The molecule has 6 heteroatoms. The van der Waals surface area contributed by atoms with Gasteiger partial charge in [-0.3, -0.25) is 4.98 Å². The van der Waals surface area contributed by atoms with Crippen molar-refractivity contribution in [1.29, 1.82) is 5.26 Å². The lowest BCUT2D eigenvalue weighted by Crippen LogP contribution is -1.96. The second kappa shape index (κ2) is 4.44. The van der Waals surface area contributed by atoms with Gasteiger partial charge in [-0.2, -0.15) is 10.4 Å². The van der Waals surface area contributed by atoms with E-state index in [-0.39, 0.29) is 0 Å². The number of aromatic nitrogens is 3. The Bertz CT molecular complexity index is 600. The van der Waals surface area contributed by atoms with Crippen LogP contribution in [0.5, 0.6) is 11.6 Å². The second-order valence-corrected chi connectivity index (χ2v) is 3.88. The van der Waals surface area contributed by atoms with E-state index in [4.69, 9.17) is 21.6 Å². The highest BCUT2D eigenvalue weighted by atomic mass is 35.5. The Labute approximate surface area is 103 Å². The Kier molecular flexibility index (Phi) is 2.98. The number of nitrogens with zero attached hydrogens (tertiary/aromatic N) is 4. The van der Waals surface area contributed by atoms with Gasteiger partial charge in [-0.25, -0.2) is 4.68 Å². The van der Waals surface area contributed by atoms with E-state index in [1.807, 2.05) is 0 Å². The summed E-state index contributed by atoms with van der Waals surface area (Å²) < 4.78 is 7.07. The maximum absolute atomic E-state index is 9.02. The zero-order chi connectivity index (χ0) is 12.4. The lowest BCUT2D eigenvalue weighted by atomic mass is 10.3. The van der Waals surface area contributed by atoms with Crippen LogP contribution in [0.25, 0.3) is 0 Å². The third-order valence-electron chi connectivity index (χ3n) is 2.18. The molecule has 0 amide bonds. The zero-order valence-electron chi connectivity index (χ0n) is 9.31. The predicted molar refractivity (Wildman–Crippen MR) is 62.0 cm³/mol. The molecule has 5 nitrogen and oxygen atoms in total. The van der Waals surface area contributed by atoms with Gasteiger partial charge in [0.25, 0.3) is 0 Å². The van der Waals surface area contributed by atoms with Gasteiger partial charge in [0.2, 0.25) is 5.88 Å². The van der Waals surface area contributed by atoms with Crippen LogP contribution in [0.4, 0.5) is 0 Å². The molecule has 0 radical (unpaired) electrons. The number of ether oxygens (including phenoxy) is 1. The van der Waals surface area contributed by atoms with Crippen LogP contribution in [0.3, 0.4) is 0 Å². The van der Waals surface area contributed by atoms with E-state index in [1.165, 1.54) is 17.1 Å². The van der Waals surface area contributed by atoms with Crippen molar-refractivity contribution in [2.24, 2.45) is 7.05 Å². The molecule has 17 heavy (non-hydrogen) atoms. The Morgan fingerprint density at radius 3 is 2.88 bits per heavy atom. The lowest BCUT2D eigenvalue weighted by Gasteiger charge is -2.05. The summed E-state index contributed by atoms with van der Waals surface area (Å²) in [5.41, 5.74) is 1.03. The van der Waals surface area contributed by atoms with Crippen molar-refractivity contribution in [3.63, 3.8) is 0 Å². The van der Waals surface area contributed by atoms with Gasteiger partial charge in [0.05, 0.1) is 16.9 Å². The van der Waals surface area contributed by atoms with Crippen LogP contribution in [0, 0.1) is 18.3 Å². The molecule has 0 aliphatic carbocycles. The largest absolute Gasteiger partial charge is 0.436 e. The van der Waals surface area contributed by atoms with Crippen LogP contribution in [-0.4, -0.2) is 14.8 Å². The summed E-state index contributed by atoms with van der Waals surface area (Å²) in [4.78, 5) is 3.90. The molecule has 0 aliphatic rings. The normalized spacial score (nSPS) is 10.0. The monoisotopic (exact) mass is 248 g/mol. The molecule has 2 heterocycles. The van der Waals surface area contributed by atoms with Crippen molar-refractivity contribution in [2.75, 3.05) is 0 Å². The molecule has 2 rings (SSSR count). The average molecular weight is 249 g/mol. The highest BCUT2D eigenvalue weighted by Gasteiger charge is 2.15.